The second kappa shape index (κ2) is 2.23. The molecule has 10 heavy (non-hydrogen) atoms. The molecule has 1 heterocycles. The largest absolute Gasteiger partial charge is 0.370 e. The van der Waals surface area contributed by atoms with Gasteiger partial charge in [0.1, 0.15) is 0 Å². The average Bonchev–Trinajstić information content (AvgIpc) is 2.56. The zero-order valence-corrected chi connectivity index (χ0v) is 7.53. The second-order valence-electron chi connectivity index (χ2n) is 4.71. The zero-order valence-electron chi connectivity index (χ0n) is 7.53. The minimum absolute atomic E-state index is 0.250. The summed E-state index contributed by atoms with van der Waals surface area (Å²) < 4.78 is 4.90. The third-order valence-corrected chi connectivity index (χ3v) is 1.97. The maximum Gasteiger partial charge on any atom is 0.0860 e. The highest BCUT2D eigenvalue weighted by molar-refractivity contribution is 4.82. The van der Waals surface area contributed by atoms with Gasteiger partial charge in [-0.3, -0.25) is 0 Å². The first-order valence-corrected chi connectivity index (χ1v) is 4.05. The fourth-order valence-electron chi connectivity index (χ4n) is 0.394. The van der Waals surface area contributed by atoms with Gasteiger partial charge in [-0.05, 0) is 32.1 Å². The molecule has 0 unspecified atom stereocenters. The Hall–Kier alpha value is -0.0400. The predicted octanol–water partition coefficient (Wildman–Crippen LogP) is 2.60. The summed E-state index contributed by atoms with van der Waals surface area (Å²) in [6.07, 6.45) is 2.90. The highest BCUT2D eigenvalue weighted by Gasteiger charge is 2.32. The van der Waals surface area contributed by atoms with E-state index in [9.17, 15) is 0 Å². The van der Waals surface area contributed by atoms with Crippen LogP contribution in [0.4, 0.5) is 0 Å². The summed E-state index contributed by atoms with van der Waals surface area (Å²) in [5.41, 5.74) is 1.00. The first-order chi connectivity index (χ1) is 4.41. The van der Waals surface area contributed by atoms with Gasteiger partial charge in [0.25, 0.3) is 0 Å². The van der Waals surface area contributed by atoms with Gasteiger partial charge in [0.05, 0.1) is 12.2 Å². The highest BCUT2D eigenvalue weighted by Crippen LogP contribution is 2.43. The molecule has 1 saturated carbocycles. The molecule has 0 bridgehead atoms. The summed E-state index contributed by atoms with van der Waals surface area (Å²) in [4.78, 5) is 0. The lowest BCUT2D eigenvalue weighted by atomic mass is 10.2. The molecule has 0 aromatic rings. The van der Waals surface area contributed by atoms with Crippen molar-refractivity contribution >= 4 is 0 Å². The molecule has 2 rings (SSSR count). The Balaban J connectivity index is 0.0000001000. The van der Waals surface area contributed by atoms with E-state index in [-0.39, 0.29) is 5.60 Å². The maximum atomic E-state index is 4.90. The number of ether oxygens (including phenoxy) is 1. The molecule has 60 valence electrons. The molecule has 0 atom stereocenters. The van der Waals surface area contributed by atoms with Crippen LogP contribution in [0.3, 0.4) is 0 Å². The summed E-state index contributed by atoms with van der Waals surface area (Å²) in [5.74, 6) is 0. The van der Waals surface area contributed by atoms with Gasteiger partial charge in [0.2, 0.25) is 0 Å². The minimum Gasteiger partial charge on any atom is -0.370 e. The summed E-state index contributed by atoms with van der Waals surface area (Å²) in [6.45, 7) is 9.70. The Kier molecular flexibility index (Phi) is 1.80. The molecular formula is C9H18O. The highest BCUT2D eigenvalue weighted by atomic mass is 16.6. The molecule has 1 nitrogen and oxygen atoms in total. The van der Waals surface area contributed by atoms with Crippen LogP contribution in [-0.2, 0) is 4.74 Å². The van der Waals surface area contributed by atoms with Crippen LogP contribution in [0.15, 0.2) is 0 Å². The molecule has 2 fully saturated rings. The topological polar surface area (TPSA) is 12.5 Å². The Morgan fingerprint density at radius 1 is 1.00 bits per heavy atom. The van der Waals surface area contributed by atoms with Crippen LogP contribution in [0.1, 0.15) is 40.5 Å². The predicted molar refractivity (Wildman–Crippen MR) is 43.0 cm³/mol. The van der Waals surface area contributed by atoms with E-state index in [0.717, 1.165) is 12.0 Å². The molecule has 0 amide bonds. The van der Waals surface area contributed by atoms with Crippen molar-refractivity contribution < 1.29 is 4.74 Å². The van der Waals surface area contributed by atoms with Crippen LogP contribution >= 0.6 is 0 Å². The van der Waals surface area contributed by atoms with E-state index in [1.54, 1.807) is 0 Å². The Bertz CT molecular complexity index is 96.7. The van der Waals surface area contributed by atoms with Gasteiger partial charge < -0.3 is 4.74 Å². The van der Waals surface area contributed by atoms with Crippen molar-refractivity contribution in [2.75, 3.05) is 6.61 Å². The molecule has 0 radical (unpaired) electrons. The monoisotopic (exact) mass is 142 g/mol. The smallest absolute Gasteiger partial charge is 0.0860 e. The van der Waals surface area contributed by atoms with Gasteiger partial charge in [-0.15, -0.1) is 0 Å². The molecule has 2 aliphatic rings. The molecular weight excluding hydrogens is 124 g/mol. The molecule has 1 aliphatic heterocycles. The third-order valence-electron chi connectivity index (χ3n) is 1.97. The SMILES string of the molecule is CC1(C)CC1.CC1(C)CO1. The second-order valence-corrected chi connectivity index (χ2v) is 4.71. The number of rotatable bonds is 0. The van der Waals surface area contributed by atoms with Crippen LogP contribution in [0.2, 0.25) is 0 Å². The molecule has 0 aromatic heterocycles. The molecule has 0 aromatic carbocycles. The lowest BCUT2D eigenvalue weighted by molar-refractivity contribution is 0.344. The van der Waals surface area contributed by atoms with Crippen LogP contribution in [0, 0.1) is 5.41 Å². The fourth-order valence-corrected chi connectivity index (χ4v) is 0.394. The van der Waals surface area contributed by atoms with Gasteiger partial charge >= 0.3 is 0 Å². The molecule has 1 saturated heterocycles. The lowest BCUT2D eigenvalue weighted by Gasteiger charge is -1.86. The van der Waals surface area contributed by atoms with E-state index in [2.05, 4.69) is 27.7 Å². The Labute approximate surface area is 63.8 Å². The lowest BCUT2D eigenvalue weighted by Crippen LogP contribution is -1.90. The van der Waals surface area contributed by atoms with Gasteiger partial charge in [-0.2, -0.15) is 0 Å². The Morgan fingerprint density at radius 3 is 1.20 bits per heavy atom. The van der Waals surface area contributed by atoms with Crippen molar-refractivity contribution in [2.24, 2.45) is 5.41 Å². The van der Waals surface area contributed by atoms with E-state index in [1.165, 1.54) is 12.8 Å². The van der Waals surface area contributed by atoms with E-state index in [0.29, 0.717) is 0 Å². The summed E-state index contributed by atoms with van der Waals surface area (Å²) >= 11 is 0. The summed E-state index contributed by atoms with van der Waals surface area (Å²) in [6, 6.07) is 0. The van der Waals surface area contributed by atoms with Crippen molar-refractivity contribution in [2.45, 2.75) is 46.1 Å². The van der Waals surface area contributed by atoms with Gasteiger partial charge in [-0.25, -0.2) is 0 Å². The number of epoxide rings is 1. The molecule has 0 N–H and O–H groups in total. The Morgan fingerprint density at radius 2 is 1.20 bits per heavy atom. The zero-order chi connectivity index (χ0) is 7.83. The van der Waals surface area contributed by atoms with Crippen molar-refractivity contribution in [3.05, 3.63) is 0 Å². The fraction of sp³-hybridized carbons (Fsp3) is 1.00. The van der Waals surface area contributed by atoms with E-state index < -0.39 is 0 Å². The third kappa shape index (κ3) is 3.89. The minimum atomic E-state index is 0.250. The molecule has 1 heteroatoms. The van der Waals surface area contributed by atoms with Crippen LogP contribution < -0.4 is 0 Å². The van der Waals surface area contributed by atoms with Crippen LogP contribution in [0.25, 0.3) is 0 Å². The van der Waals surface area contributed by atoms with Crippen molar-refractivity contribution in [1.82, 2.24) is 0 Å². The first-order valence-electron chi connectivity index (χ1n) is 4.05. The van der Waals surface area contributed by atoms with Gasteiger partial charge in [-0.1, -0.05) is 13.8 Å². The first kappa shape index (κ1) is 8.06. The normalized spacial score (nSPS) is 30.0. The number of hydrogen-bond acceptors (Lipinski definition) is 1. The summed E-state index contributed by atoms with van der Waals surface area (Å²) in [5, 5.41) is 0. The standard InChI is InChI=1S/C5H10.C4H8O/c1-5(2)3-4-5;1-4(2)3-5-4/h3-4H2,1-2H3;3H2,1-2H3. The van der Waals surface area contributed by atoms with E-state index in [1.807, 2.05) is 0 Å². The van der Waals surface area contributed by atoms with Crippen molar-refractivity contribution in [3.8, 4) is 0 Å². The van der Waals surface area contributed by atoms with E-state index in [4.69, 9.17) is 4.74 Å². The average molecular weight is 142 g/mol. The van der Waals surface area contributed by atoms with Gasteiger partial charge in [0.15, 0.2) is 0 Å². The molecule has 1 aliphatic carbocycles. The van der Waals surface area contributed by atoms with Gasteiger partial charge in [0, 0.05) is 0 Å². The maximum absolute atomic E-state index is 4.90. The number of hydrogen-bond donors (Lipinski definition) is 0. The summed E-state index contributed by atoms with van der Waals surface area (Å²) in [7, 11) is 0. The van der Waals surface area contributed by atoms with Crippen LogP contribution in [0.5, 0.6) is 0 Å². The molecule has 0 spiro atoms. The quantitative estimate of drug-likeness (QED) is 0.474. The van der Waals surface area contributed by atoms with Crippen molar-refractivity contribution in [1.29, 1.82) is 0 Å². The van der Waals surface area contributed by atoms with E-state index >= 15 is 0 Å². The van der Waals surface area contributed by atoms with Crippen LogP contribution in [-0.4, -0.2) is 12.2 Å². The van der Waals surface area contributed by atoms with Crippen molar-refractivity contribution in [3.63, 3.8) is 0 Å².